The number of nitrogens with one attached hydrogen (secondary N) is 1. The molecule has 0 saturated heterocycles. The molecular weight excluding hydrogens is 654 g/mol. The Labute approximate surface area is 304 Å². The number of ketones is 1. The van der Waals surface area contributed by atoms with Crippen LogP contribution < -0.4 is 5.32 Å². The molecule has 10 heteroatoms. The number of hydrogen-bond acceptors (Lipinski definition) is 6. The summed E-state index contributed by atoms with van der Waals surface area (Å²) in [6, 6.07) is 0. The highest BCUT2D eigenvalue weighted by atomic mass is 35.5. The number of nitrogens with zero attached hydrogens (tertiary/aromatic N) is 2. The summed E-state index contributed by atoms with van der Waals surface area (Å²) < 4.78 is 7.88. The van der Waals surface area contributed by atoms with Gasteiger partial charge in [0, 0.05) is 31.3 Å². The van der Waals surface area contributed by atoms with Crippen LogP contribution in [-0.2, 0) is 26.2 Å². The highest BCUT2D eigenvalue weighted by molar-refractivity contribution is 6.03. The first-order valence-electron chi connectivity index (χ1n) is 18.6. The van der Waals surface area contributed by atoms with Crippen molar-refractivity contribution in [2.24, 2.45) is 57.8 Å². The zero-order valence-corrected chi connectivity index (χ0v) is 32.7. The lowest BCUT2D eigenvalue weighted by molar-refractivity contribution is -0.232. The molecule has 4 saturated carbocycles. The SMILES string of the molecule is CC(C)C1=C2C3CCC4[C@@]5(C)CC[C@H](OC(=O)CC(C)(C)C(=O)O)C(C)(C)C5CC[C@@]4(C)[C@]3(C)CC[C@@]2(NC(=O)c2nccn2C)CC1=O.Cl. The normalized spacial score (nSPS) is 37.5. The van der Waals surface area contributed by atoms with Gasteiger partial charge >= 0.3 is 11.9 Å². The predicted molar refractivity (Wildman–Crippen MR) is 194 cm³/mol. The van der Waals surface area contributed by atoms with Gasteiger partial charge in [-0.1, -0.05) is 48.5 Å². The minimum atomic E-state index is -1.17. The molecule has 0 aromatic carbocycles. The van der Waals surface area contributed by atoms with E-state index in [2.05, 4.69) is 58.8 Å². The quantitative estimate of drug-likeness (QED) is 0.277. The summed E-state index contributed by atoms with van der Waals surface area (Å²) in [5, 5.41) is 13.0. The van der Waals surface area contributed by atoms with E-state index in [0.29, 0.717) is 24.1 Å². The molecule has 8 atom stereocenters. The molecule has 0 radical (unpaired) electrons. The van der Waals surface area contributed by atoms with E-state index >= 15 is 0 Å². The number of ether oxygens (including phenoxy) is 1. The fourth-order valence-electron chi connectivity index (χ4n) is 12.4. The predicted octanol–water partition coefficient (Wildman–Crippen LogP) is 7.72. The smallest absolute Gasteiger partial charge is 0.309 e. The number of carboxylic acid groups (broad SMARTS) is 1. The van der Waals surface area contributed by atoms with Gasteiger partial charge in [-0.05, 0) is 116 Å². The van der Waals surface area contributed by atoms with Crippen LogP contribution in [0.4, 0.5) is 0 Å². The van der Waals surface area contributed by atoms with E-state index in [1.165, 1.54) is 5.57 Å². The van der Waals surface area contributed by atoms with Crippen molar-refractivity contribution in [1.29, 1.82) is 0 Å². The van der Waals surface area contributed by atoms with Gasteiger partial charge in [-0.2, -0.15) is 0 Å². The number of aromatic nitrogens is 2. The Balaban J connectivity index is 0.00000486. The van der Waals surface area contributed by atoms with E-state index in [0.717, 1.165) is 56.9 Å². The average Bonchev–Trinajstić information content (AvgIpc) is 3.54. The summed E-state index contributed by atoms with van der Waals surface area (Å²) >= 11 is 0. The summed E-state index contributed by atoms with van der Waals surface area (Å²) in [7, 11) is 1.82. The number of aliphatic carboxylic acids is 1. The molecule has 2 N–H and O–H groups in total. The van der Waals surface area contributed by atoms with Gasteiger partial charge in [0.25, 0.3) is 5.91 Å². The lowest BCUT2D eigenvalue weighted by atomic mass is 9.33. The standard InChI is InChI=1S/C40H59N3O6.ClH/c1-23(2)30-25(44)21-40(42-33(46)32-41-19-20-43(32)10)18-17-38(8)24(31(30)40)11-12-27-37(7)15-14-28(49-29(45)22-35(3,4)34(47)48)36(5,6)26(37)13-16-39(27,38)9;/h19-20,23-24,26-28H,11-18,21-22H2,1-10H3,(H,42,46)(H,47,48);1H/t24?,26?,27?,28-,37-,38+,39+,40+;/m0./s1. The Kier molecular flexibility index (Phi) is 9.62. The van der Waals surface area contributed by atoms with E-state index in [-0.39, 0.29) is 70.1 Å². The van der Waals surface area contributed by atoms with Crippen molar-refractivity contribution in [3.05, 3.63) is 29.4 Å². The molecule has 5 aliphatic carbocycles. The number of esters is 1. The van der Waals surface area contributed by atoms with E-state index in [1.807, 2.05) is 7.05 Å². The Morgan fingerprint density at radius 3 is 2.28 bits per heavy atom. The van der Waals surface area contributed by atoms with Crippen LogP contribution in [0.25, 0.3) is 0 Å². The number of rotatable bonds is 7. The zero-order chi connectivity index (χ0) is 36.1. The largest absolute Gasteiger partial charge is 0.481 e. The zero-order valence-electron chi connectivity index (χ0n) is 31.9. The maximum Gasteiger partial charge on any atom is 0.309 e. The van der Waals surface area contributed by atoms with Crippen molar-refractivity contribution in [2.45, 2.75) is 138 Å². The third-order valence-electron chi connectivity index (χ3n) is 15.2. The van der Waals surface area contributed by atoms with Crippen LogP contribution in [0.3, 0.4) is 0 Å². The second kappa shape index (κ2) is 12.5. The molecule has 1 aromatic heterocycles. The molecule has 0 spiro atoms. The van der Waals surface area contributed by atoms with Gasteiger partial charge in [-0.25, -0.2) is 4.98 Å². The number of Topliss-reactive ketones (excluding diaryl/α,β-unsaturated/α-hetero) is 1. The van der Waals surface area contributed by atoms with Crippen LogP contribution in [-0.4, -0.2) is 49.9 Å². The molecule has 4 fully saturated rings. The third-order valence-corrected chi connectivity index (χ3v) is 15.2. The average molecular weight is 714 g/mol. The van der Waals surface area contributed by atoms with Gasteiger partial charge in [-0.3, -0.25) is 19.2 Å². The Morgan fingerprint density at radius 2 is 1.68 bits per heavy atom. The highest BCUT2D eigenvalue weighted by Crippen LogP contribution is 2.76. The van der Waals surface area contributed by atoms with E-state index in [9.17, 15) is 24.3 Å². The Bertz CT molecular complexity index is 1610. The van der Waals surface area contributed by atoms with Crippen LogP contribution in [0.5, 0.6) is 0 Å². The molecule has 1 heterocycles. The minimum Gasteiger partial charge on any atom is -0.481 e. The Morgan fingerprint density at radius 1 is 1.00 bits per heavy atom. The Hall–Kier alpha value is -2.68. The summed E-state index contributed by atoms with van der Waals surface area (Å²) in [5.74, 6) is 0.0139. The first-order chi connectivity index (χ1) is 22.6. The number of halogens is 1. The van der Waals surface area contributed by atoms with Crippen LogP contribution in [0.1, 0.15) is 137 Å². The number of imidazole rings is 1. The number of amides is 1. The maximum atomic E-state index is 13.9. The highest BCUT2D eigenvalue weighted by Gasteiger charge is 2.70. The van der Waals surface area contributed by atoms with Gasteiger partial charge in [0.2, 0.25) is 0 Å². The van der Waals surface area contributed by atoms with E-state index < -0.39 is 22.9 Å². The second-order valence-corrected chi connectivity index (χ2v) is 18.8. The summed E-state index contributed by atoms with van der Waals surface area (Å²) in [6.45, 7) is 19.4. The minimum absolute atomic E-state index is 0. The molecule has 278 valence electrons. The van der Waals surface area contributed by atoms with Crippen LogP contribution in [0.15, 0.2) is 23.5 Å². The molecule has 1 amide bonds. The number of aryl methyl sites for hydroxylation is 1. The number of carbonyl (C=O) groups is 4. The fourth-order valence-corrected chi connectivity index (χ4v) is 12.4. The molecule has 0 aliphatic heterocycles. The lowest BCUT2D eigenvalue weighted by Gasteiger charge is -2.72. The summed E-state index contributed by atoms with van der Waals surface area (Å²) in [5.41, 5.74) is 0.0854. The van der Waals surface area contributed by atoms with Crippen molar-refractivity contribution in [1.82, 2.24) is 14.9 Å². The molecule has 1 aromatic rings. The van der Waals surface area contributed by atoms with Crippen molar-refractivity contribution < 1.29 is 29.0 Å². The van der Waals surface area contributed by atoms with Gasteiger partial charge < -0.3 is 19.7 Å². The molecule has 9 nitrogen and oxygen atoms in total. The van der Waals surface area contributed by atoms with E-state index in [1.54, 1.807) is 30.8 Å². The third kappa shape index (κ3) is 5.49. The molecule has 3 unspecified atom stereocenters. The first-order valence-corrected chi connectivity index (χ1v) is 18.6. The van der Waals surface area contributed by atoms with Crippen LogP contribution in [0.2, 0.25) is 0 Å². The van der Waals surface area contributed by atoms with Gasteiger partial charge in [0.1, 0.15) is 6.10 Å². The second-order valence-electron chi connectivity index (χ2n) is 18.8. The summed E-state index contributed by atoms with van der Waals surface area (Å²) in [4.78, 5) is 56.7. The van der Waals surface area contributed by atoms with Crippen molar-refractivity contribution in [2.75, 3.05) is 0 Å². The number of fused-ring (bicyclic) bond motifs is 7. The lowest BCUT2D eigenvalue weighted by Crippen LogP contribution is -2.67. The molecule has 6 rings (SSSR count). The maximum absolute atomic E-state index is 13.9. The summed E-state index contributed by atoms with van der Waals surface area (Å²) in [6.07, 6.45) is 10.9. The van der Waals surface area contributed by atoms with Crippen LogP contribution >= 0.6 is 12.4 Å². The van der Waals surface area contributed by atoms with Gasteiger partial charge in [0.15, 0.2) is 11.6 Å². The van der Waals surface area contributed by atoms with Crippen molar-refractivity contribution >= 4 is 36.0 Å². The van der Waals surface area contributed by atoms with Crippen molar-refractivity contribution in [3.8, 4) is 0 Å². The van der Waals surface area contributed by atoms with Crippen molar-refractivity contribution in [3.63, 3.8) is 0 Å². The van der Waals surface area contributed by atoms with Crippen LogP contribution in [0, 0.1) is 50.7 Å². The monoisotopic (exact) mass is 713 g/mol. The first kappa shape index (κ1) is 38.5. The fraction of sp³-hybridized carbons (Fsp3) is 0.775. The van der Waals surface area contributed by atoms with Gasteiger partial charge in [0.05, 0.1) is 17.4 Å². The number of hydrogen-bond donors (Lipinski definition) is 2. The number of carboxylic acids is 1. The van der Waals surface area contributed by atoms with Gasteiger partial charge in [-0.15, -0.1) is 12.4 Å². The molecule has 50 heavy (non-hydrogen) atoms. The topological polar surface area (TPSA) is 128 Å². The molecular formula is C40H60ClN3O6. The molecule has 0 bridgehead atoms. The van der Waals surface area contributed by atoms with E-state index in [4.69, 9.17) is 4.74 Å². The number of allylic oxidation sites excluding steroid dienone is 1. The molecule has 5 aliphatic rings. The number of carbonyl (C=O) groups excluding carboxylic acids is 3.